The predicted molar refractivity (Wildman–Crippen MR) is 71.1 cm³/mol. The first-order chi connectivity index (χ1) is 8.43. The van der Waals surface area contributed by atoms with Gasteiger partial charge >= 0.3 is 0 Å². The molecule has 0 aromatic carbocycles. The molecule has 0 bridgehead atoms. The third-order valence-corrected chi connectivity index (χ3v) is 3.09. The largest absolute Gasteiger partial charge is 0.492 e. The molecule has 0 atom stereocenters. The number of carbonyl (C=O) groups is 2. The van der Waals surface area contributed by atoms with Gasteiger partial charge in [0.2, 0.25) is 5.78 Å². The van der Waals surface area contributed by atoms with Gasteiger partial charge in [-0.25, -0.2) is 0 Å². The standard InChI is InChI=1S/C15H20O3/c1-6-11-10(4)13(16)12(8-7-9(2)3)15(18-5)14(11)17/h7H,6,8H2,1-5H3. The third-order valence-electron chi connectivity index (χ3n) is 3.09. The fourth-order valence-electron chi connectivity index (χ4n) is 2.04. The molecule has 0 aromatic heterocycles. The van der Waals surface area contributed by atoms with Crippen molar-refractivity contribution in [3.8, 4) is 0 Å². The number of hydrogen-bond donors (Lipinski definition) is 0. The molecule has 3 heteroatoms. The summed E-state index contributed by atoms with van der Waals surface area (Å²) in [5.74, 6) is -0.00462. The van der Waals surface area contributed by atoms with Crippen LogP contribution >= 0.6 is 0 Å². The van der Waals surface area contributed by atoms with Crippen LogP contribution in [0.3, 0.4) is 0 Å². The van der Waals surface area contributed by atoms with Crippen molar-refractivity contribution in [3.63, 3.8) is 0 Å². The number of ketones is 2. The van der Waals surface area contributed by atoms with E-state index < -0.39 is 0 Å². The quantitative estimate of drug-likeness (QED) is 0.567. The highest BCUT2D eigenvalue weighted by molar-refractivity contribution is 6.24. The van der Waals surface area contributed by atoms with E-state index in [4.69, 9.17) is 4.74 Å². The van der Waals surface area contributed by atoms with E-state index in [0.29, 0.717) is 29.6 Å². The maximum absolute atomic E-state index is 12.2. The van der Waals surface area contributed by atoms with E-state index in [2.05, 4.69) is 0 Å². The Morgan fingerprint density at radius 2 is 1.78 bits per heavy atom. The summed E-state index contributed by atoms with van der Waals surface area (Å²) >= 11 is 0. The van der Waals surface area contributed by atoms with Crippen molar-refractivity contribution in [1.82, 2.24) is 0 Å². The maximum Gasteiger partial charge on any atom is 0.224 e. The number of Topliss-reactive ketones (excluding diaryl/α,β-unsaturated/α-hetero) is 2. The minimum atomic E-state index is -0.144. The molecule has 0 saturated heterocycles. The Labute approximate surface area is 108 Å². The van der Waals surface area contributed by atoms with Crippen molar-refractivity contribution < 1.29 is 14.3 Å². The number of carbonyl (C=O) groups excluding carboxylic acids is 2. The van der Waals surface area contributed by atoms with Crippen molar-refractivity contribution in [2.45, 2.75) is 40.5 Å². The average molecular weight is 248 g/mol. The van der Waals surface area contributed by atoms with Crippen molar-refractivity contribution in [3.05, 3.63) is 34.1 Å². The number of methoxy groups -OCH3 is 1. The second-order valence-electron chi connectivity index (χ2n) is 4.61. The van der Waals surface area contributed by atoms with Crippen LogP contribution in [0.5, 0.6) is 0 Å². The molecule has 0 unspecified atom stereocenters. The van der Waals surface area contributed by atoms with Gasteiger partial charge < -0.3 is 4.74 Å². The van der Waals surface area contributed by atoms with Gasteiger partial charge in [-0.2, -0.15) is 0 Å². The van der Waals surface area contributed by atoms with Crippen LogP contribution < -0.4 is 0 Å². The number of hydrogen-bond acceptors (Lipinski definition) is 3. The monoisotopic (exact) mass is 248 g/mol. The first-order valence-corrected chi connectivity index (χ1v) is 6.13. The van der Waals surface area contributed by atoms with E-state index >= 15 is 0 Å². The highest BCUT2D eigenvalue weighted by Gasteiger charge is 2.31. The van der Waals surface area contributed by atoms with Crippen molar-refractivity contribution in [2.75, 3.05) is 7.11 Å². The molecule has 0 heterocycles. The fraction of sp³-hybridized carbons (Fsp3) is 0.467. The van der Waals surface area contributed by atoms with Gasteiger partial charge in [0.25, 0.3) is 0 Å². The molecular formula is C15H20O3. The lowest BCUT2D eigenvalue weighted by Gasteiger charge is -2.20. The first-order valence-electron chi connectivity index (χ1n) is 6.13. The lowest BCUT2D eigenvalue weighted by atomic mass is 9.86. The summed E-state index contributed by atoms with van der Waals surface area (Å²) in [4.78, 5) is 24.4. The van der Waals surface area contributed by atoms with E-state index in [1.54, 1.807) is 6.92 Å². The number of allylic oxidation sites excluding steroid dienone is 5. The molecule has 98 valence electrons. The molecule has 1 rings (SSSR count). The van der Waals surface area contributed by atoms with Crippen LogP contribution in [-0.4, -0.2) is 18.7 Å². The highest BCUT2D eigenvalue weighted by atomic mass is 16.5. The lowest BCUT2D eigenvalue weighted by molar-refractivity contribution is -0.119. The Balaban J connectivity index is 3.25. The first kappa shape index (κ1) is 14.4. The summed E-state index contributed by atoms with van der Waals surface area (Å²) in [6.07, 6.45) is 2.94. The molecule has 0 amide bonds. The number of ether oxygens (including phenoxy) is 1. The van der Waals surface area contributed by atoms with Gasteiger partial charge in [-0.05, 0) is 33.6 Å². The van der Waals surface area contributed by atoms with Crippen LogP contribution in [0.15, 0.2) is 34.1 Å². The number of rotatable bonds is 4. The zero-order valence-electron chi connectivity index (χ0n) is 11.7. The van der Waals surface area contributed by atoms with Gasteiger partial charge in [-0.15, -0.1) is 0 Å². The van der Waals surface area contributed by atoms with Crippen LogP contribution in [0, 0.1) is 0 Å². The molecule has 3 nitrogen and oxygen atoms in total. The SMILES string of the molecule is CCC1=C(C)C(=O)C(CC=C(C)C)=C(OC)C1=O. The predicted octanol–water partition coefficient (Wildman–Crippen LogP) is 3.12. The molecule has 0 aliphatic heterocycles. The molecular weight excluding hydrogens is 228 g/mol. The zero-order chi connectivity index (χ0) is 13.9. The second-order valence-corrected chi connectivity index (χ2v) is 4.61. The van der Waals surface area contributed by atoms with Gasteiger partial charge in [0.15, 0.2) is 11.5 Å². The van der Waals surface area contributed by atoms with Gasteiger partial charge in [-0.3, -0.25) is 9.59 Å². The molecule has 0 saturated carbocycles. The summed E-state index contributed by atoms with van der Waals surface area (Å²) in [6.45, 7) is 7.51. The summed E-state index contributed by atoms with van der Waals surface area (Å²) < 4.78 is 5.14. The molecule has 0 fully saturated rings. The maximum atomic E-state index is 12.2. The molecule has 0 aromatic rings. The average Bonchev–Trinajstić information content (AvgIpc) is 2.32. The van der Waals surface area contributed by atoms with Crippen molar-refractivity contribution >= 4 is 11.6 Å². The minimum Gasteiger partial charge on any atom is -0.492 e. The van der Waals surface area contributed by atoms with Crippen LogP contribution in [0.2, 0.25) is 0 Å². The van der Waals surface area contributed by atoms with Crippen molar-refractivity contribution in [1.29, 1.82) is 0 Å². The molecule has 18 heavy (non-hydrogen) atoms. The van der Waals surface area contributed by atoms with Gasteiger partial charge in [0.1, 0.15) is 0 Å². The molecule has 0 spiro atoms. The fourth-order valence-corrected chi connectivity index (χ4v) is 2.04. The Kier molecular flexibility index (Phi) is 4.65. The zero-order valence-corrected chi connectivity index (χ0v) is 11.7. The third kappa shape index (κ3) is 2.61. The Bertz CT molecular complexity index is 472. The molecule has 0 N–H and O–H groups in total. The van der Waals surface area contributed by atoms with Gasteiger partial charge in [-0.1, -0.05) is 18.6 Å². The smallest absolute Gasteiger partial charge is 0.224 e. The van der Waals surface area contributed by atoms with Crippen molar-refractivity contribution in [2.24, 2.45) is 0 Å². The van der Waals surface area contributed by atoms with Crippen LogP contribution in [0.25, 0.3) is 0 Å². The van der Waals surface area contributed by atoms with Gasteiger partial charge in [0, 0.05) is 16.7 Å². The summed E-state index contributed by atoms with van der Waals surface area (Å²) in [6, 6.07) is 0. The van der Waals surface area contributed by atoms with E-state index in [-0.39, 0.29) is 17.3 Å². The van der Waals surface area contributed by atoms with Crippen LogP contribution in [0.4, 0.5) is 0 Å². The topological polar surface area (TPSA) is 43.4 Å². The van der Waals surface area contributed by atoms with E-state index in [9.17, 15) is 9.59 Å². The Hall–Kier alpha value is -1.64. The molecule has 1 aliphatic rings. The molecule has 1 aliphatic carbocycles. The van der Waals surface area contributed by atoms with E-state index in [1.807, 2.05) is 26.8 Å². The Morgan fingerprint density at radius 3 is 2.22 bits per heavy atom. The highest BCUT2D eigenvalue weighted by Crippen LogP contribution is 2.29. The summed E-state index contributed by atoms with van der Waals surface area (Å²) in [7, 11) is 1.44. The normalized spacial score (nSPS) is 16.3. The molecule has 0 radical (unpaired) electrons. The Morgan fingerprint density at radius 1 is 1.17 bits per heavy atom. The summed E-state index contributed by atoms with van der Waals surface area (Å²) in [5, 5.41) is 0. The summed E-state index contributed by atoms with van der Waals surface area (Å²) in [5.41, 5.74) is 2.71. The van der Waals surface area contributed by atoms with Gasteiger partial charge in [0.05, 0.1) is 7.11 Å². The lowest BCUT2D eigenvalue weighted by Crippen LogP contribution is -2.23. The van der Waals surface area contributed by atoms with Crippen LogP contribution in [-0.2, 0) is 14.3 Å². The van der Waals surface area contributed by atoms with E-state index in [0.717, 1.165) is 5.57 Å². The van der Waals surface area contributed by atoms with E-state index in [1.165, 1.54) is 7.11 Å². The minimum absolute atomic E-state index is 0.0687. The van der Waals surface area contributed by atoms with Crippen LogP contribution in [0.1, 0.15) is 40.5 Å². The second kappa shape index (κ2) is 5.80.